The molecule has 2 rings (SSSR count). The molecule has 1 aliphatic rings. The van der Waals surface area contributed by atoms with Crippen LogP contribution in [-0.2, 0) is 11.3 Å². The summed E-state index contributed by atoms with van der Waals surface area (Å²) in [4.78, 5) is 0. The van der Waals surface area contributed by atoms with Crippen LogP contribution < -0.4 is 9.47 Å². The van der Waals surface area contributed by atoms with Gasteiger partial charge in [0, 0.05) is 5.92 Å². The standard InChI is InChI=1S/C14H18O3/c1-9(2)12-8-17-7-10-5-13(15-3)14(16-4)6-11(10)12/h5-6,12H,1,7-8H2,2-4H3/t12-/m0/s1. The van der Waals surface area contributed by atoms with E-state index in [9.17, 15) is 0 Å². The largest absolute Gasteiger partial charge is 0.493 e. The SMILES string of the molecule is C=C(C)[C@@H]1COCc2cc(OC)c(OC)cc21. The molecule has 0 fully saturated rings. The van der Waals surface area contributed by atoms with Gasteiger partial charge in [-0.2, -0.15) is 0 Å². The zero-order chi connectivity index (χ0) is 12.4. The molecule has 1 aromatic rings. The van der Waals surface area contributed by atoms with Gasteiger partial charge in [0.1, 0.15) is 0 Å². The number of methoxy groups -OCH3 is 2. The maximum Gasteiger partial charge on any atom is 0.161 e. The molecule has 1 atom stereocenters. The average molecular weight is 234 g/mol. The van der Waals surface area contributed by atoms with Crippen LogP contribution in [-0.4, -0.2) is 20.8 Å². The molecule has 3 nitrogen and oxygen atoms in total. The van der Waals surface area contributed by atoms with Gasteiger partial charge in [-0.3, -0.25) is 0 Å². The van der Waals surface area contributed by atoms with Crippen molar-refractivity contribution in [2.45, 2.75) is 19.4 Å². The summed E-state index contributed by atoms with van der Waals surface area (Å²) in [6.45, 7) is 7.37. The summed E-state index contributed by atoms with van der Waals surface area (Å²) < 4.78 is 16.2. The quantitative estimate of drug-likeness (QED) is 0.753. The molecule has 0 N–H and O–H groups in total. The van der Waals surface area contributed by atoms with Crippen molar-refractivity contribution >= 4 is 0 Å². The first-order chi connectivity index (χ1) is 8.17. The van der Waals surface area contributed by atoms with Crippen molar-refractivity contribution in [3.05, 3.63) is 35.4 Å². The third-order valence-corrected chi connectivity index (χ3v) is 3.16. The smallest absolute Gasteiger partial charge is 0.161 e. The molecule has 0 radical (unpaired) electrons. The Labute approximate surface area is 102 Å². The highest BCUT2D eigenvalue weighted by molar-refractivity contribution is 5.50. The van der Waals surface area contributed by atoms with E-state index in [1.54, 1.807) is 14.2 Å². The van der Waals surface area contributed by atoms with Crippen LogP contribution in [0, 0.1) is 0 Å². The number of rotatable bonds is 3. The predicted octanol–water partition coefficient (Wildman–Crippen LogP) is 2.89. The Hall–Kier alpha value is -1.48. The van der Waals surface area contributed by atoms with Gasteiger partial charge in [0.2, 0.25) is 0 Å². The molecule has 0 bridgehead atoms. The number of ether oxygens (including phenoxy) is 3. The van der Waals surface area contributed by atoms with Crippen molar-refractivity contribution in [2.24, 2.45) is 0 Å². The van der Waals surface area contributed by atoms with Crippen molar-refractivity contribution in [2.75, 3.05) is 20.8 Å². The fraction of sp³-hybridized carbons (Fsp3) is 0.429. The first kappa shape index (κ1) is 12.0. The van der Waals surface area contributed by atoms with E-state index in [0.717, 1.165) is 22.6 Å². The number of hydrogen-bond acceptors (Lipinski definition) is 3. The van der Waals surface area contributed by atoms with E-state index in [0.29, 0.717) is 13.2 Å². The molecule has 92 valence electrons. The Balaban J connectivity index is 2.50. The minimum atomic E-state index is 0.249. The number of hydrogen-bond donors (Lipinski definition) is 0. The predicted molar refractivity (Wildman–Crippen MR) is 66.8 cm³/mol. The van der Waals surface area contributed by atoms with Gasteiger partial charge < -0.3 is 14.2 Å². The van der Waals surface area contributed by atoms with Crippen LogP contribution in [0.5, 0.6) is 11.5 Å². The Morgan fingerprint density at radius 2 is 1.94 bits per heavy atom. The molecule has 0 aromatic heterocycles. The van der Waals surface area contributed by atoms with Crippen molar-refractivity contribution in [1.29, 1.82) is 0 Å². The van der Waals surface area contributed by atoms with E-state index in [1.165, 1.54) is 5.56 Å². The van der Waals surface area contributed by atoms with Crippen LogP contribution >= 0.6 is 0 Å². The first-order valence-electron chi connectivity index (χ1n) is 5.65. The summed E-state index contributed by atoms with van der Waals surface area (Å²) in [5.74, 6) is 1.76. The highest BCUT2D eigenvalue weighted by atomic mass is 16.5. The minimum Gasteiger partial charge on any atom is -0.493 e. The maximum atomic E-state index is 5.59. The maximum absolute atomic E-state index is 5.59. The molecule has 0 saturated carbocycles. The van der Waals surface area contributed by atoms with Crippen molar-refractivity contribution in [1.82, 2.24) is 0 Å². The molecule has 1 aliphatic heterocycles. The van der Waals surface area contributed by atoms with Gasteiger partial charge in [0.05, 0.1) is 27.4 Å². The normalized spacial score (nSPS) is 18.4. The van der Waals surface area contributed by atoms with E-state index in [1.807, 2.05) is 19.1 Å². The van der Waals surface area contributed by atoms with Gasteiger partial charge in [-0.1, -0.05) is 12.2 Å². The lowest BCUT2D eigenvalue weighted by Gasteiger charge is -2.27. The van der Waals surface area contributed by atoms with Crippen molar-refractivity contribution < 1.29 is 14.2 Å². The van der Waals surface area contributed by atoms with E-state index in [4.69, 9.17) is 14.2 Å². The van der Waals surface area contributed by atoms with Gasteiger partial charge >= 0.3 is 0 Å². The molecule has 0 spiro atoms. The van der Waals surface area contributed by atoms with Crippen LogP contribution in [0.3, 0.4) is 0 Å². The summed E-state index contributed by atoms with van der Waals surface area (Å²) in [6, 6.07) is 4.03. The summed E-state index contributed by atoms with van der Waals surface area (Å²) >= 11 is 0. The van der Waals surface area contributed by atoms with E-state index >= 15 is 0 Å². The third-order valence-electron chi connectivity index (χ3n) is 3.16. The van der Waals surface area contributed by atoms with Gasteiger partial charge in [-0.15, -0.1) is 0 Å². The Morgan fingerprint density at radius 1 is 1.29 bits per heavy atom. The zero-order valence-corrected chi connectivity index (χ0v) is 10.6. The summed E-state index contributed by atoms with van der Waals surface area (Å²) in [7, 11) is 3.30. The lowest BCUT2D eigenvalue weighted by Crippen LogP contribution is -2.17. The molecule has 0 unspecified atom stereocenters. The average Bonchev–Trinajstić information content (AvgIpc) is 2.35. The fourth-order valence-electron chi connectivity index (χ4n) is 2.17. The number of benzene rings is 1. The molecule has 1 heterocycles. The van der Waals surface area contributed by atoms with Gasteiger partial charge in [0.25, 0.3) is 0 Å². The summed E-state index contributed by atoms with van der Waals surface area (Å²) in [5, 5.41) is 0. The Morgan fingerprint density at radius 3 is 2.53 bits per heavy atom. The van der Waals surface area contributed by atoms with E-state index in [-0.39, 0.29) is 5.92 Å². The fourth-order valence-corrected chi connectivity index (χ4v) is 2.17. The molecule has 17 heavy (non-hydrogen) atoms. The van der Waals surface area contributed by atoms with E-state index in [2.05, 4.69) is 6.58 Å². The lowest BCUT2D eigenvalue weighted by molar-refractivity contribution is 0.0982. The van der Waals surface area contributed by atoms with Gasteiger partial charge in [0.15, 0.2) is 11.5 Å². The molecule has 0 amide bonds. The summed E-state index contributed by atoms with van der Waals surface area (Å²) in [6.07, 6.45) is 0. The second-order valence-corrected chi connectivity index (χ2v) is 4.32. The molecule has 0 saturated heterocycles. The minimum absolute atomic E-state index is 0.249. The van der Waals surface area contributed by atoms with Crippen LogP contribution in [0.25, 0.3) is 0 Å². The molecular weight excluding hydrogens is 216 g/mol. The topological polar surface area (TPSA) is 27.7 Å². The third kappa shape index (κ3) is 2.15. The zero-order valence-electron chi connectivity index (χ0n) is 10.6. The van der Waals surface area contributed by atoms with Crippen LogP contribution in [0.4, 0.5) is 0 Å². The Kier molecular flexibility index (Phi) is 3.38. The molecular formula is C14H18O3. The monoisotopic (exact) mass is 234 g/mol. The molecule has 0 aliphatic carbocycles. The van der Waals surface area contributed by atoms with Crippen molar-refractivity contribution in [3.63, 3.8) is 0 Å². The second kappa shape index (κ2) is 4.80. The molecule has 3 heteroatoms. The summed E-state index contributed by atoms with van der Waals surface area (Å²) in [5.41, 5.74) is 3.50. The van der Waals surface area contributed by atoms with Crippen LogP contribution in [0.2, 0.25) is 0 Å². The highest BCUT2D eigenvalue weighted by Gasteiger charge is 2.23. The van der Waals surface area contributed by atoms with Crippen LogP contribution in [0.1, 0.15) is 24.0 Å². The molecule has 1 aromatic carbocycles. The number of fused-ring (bicyclic) bond motifs is 1. The first-order valence-corrected chi connectivity index (χ1v) is 5.65. The van der Waals surface area contributed by atoms with E-state index < -0.39 is 0 Å². The lowest BCUT2D eigenvalue weighted by atomic mass is 9.88. The second-order valence-electron chi connectivity index (χ2n) is 4.32. The highest BCUT2D eigenvalue weighted by Crippen LogP contribution is 2.38. The van der Waals surface area contributed by atoms with Gasteiger partial charge in [-0.05, 0) is 30.2 Å². The van der Waals surface area contributed by atoms with Crippen LogP contribution in [0.15, 0.2) is 24.3 Å². The van der Waals surface area contributed by atoms with Gasteiger partial charge in [-0.25, -0.2) is 0 Å². The van der Waals surface area contributed by atoms with Crippen molar-refractivity contribution in [3.8, 4) is 11.5 Å². The Bertz CT molecular complexity index is 437.